The molecule has 0 aliphatic carbocycles. The van der Waals surface area contributed by atoms with Crippen LogP contribution in [0.2, 0.25) is 0 Å². The predicted octanol–water partition coefficient (Wildman–Crippen LogP) is 1.17. The van der Waals surface area contributed by atoms with Crippen LogP contribution in [0, 0.1) is 0 Å². The monoisotopic (exact) mass is 276 g/mol. The van der Waals surface area contributed by atoms with Crippen LogP contribution >= 0.6 is 0 Å². The minimum absolute atomic E-state index is 0.0232. The Labute approximate surface area is 113 Å². The maximum atomic E-state index is 11.8. The fraction of sp³-hybridized carbons (Fsp3) is 0.154. The zero-order valence-corrected chi connectivity index (χ0v) is 10.6. The average molecular weight is 276 g/mol. The van der Waals surface area contributed by atoms with E-state index in [4.69, 9.17) is 14.9 Å². The van der Waals surface area contributed by atoms with Crippen molar-refractivity contribution < 1.29 is 23.5 Å². The molecule has 1 heterocycles. The number of carbonyl (C=O) groups excluding carboxylic acids is 3. The van der Waals surface area contributed by atoms with E-state index in [1.165, 1.54) is 13.0 Å². The van der Waals surface area contributed by atoms with Gasteiger partial charge >= 0.3 is 12.0 Å². The molecule has 7 heteroatoms. The first-order valence-electron chi connectivity index (χ1n) is 5.77. The van der Waals surface area contributed by atoms with Gasteiger partial charge in [-0.3, -0.25) is 10.1 Å². The number of urea groups is 1. The summed E-state index contributed by atoms with van der Waals surface area (Å²) in [5.74, 6) is -1.62. The molecule has 1 aromatic heterocycles. The molecule has 0 radical (unpaired) electrons. The second-order valence-electron chi connectivity index (χ2n) is 4.05. The van der Waals surface area contributed by atoms with Crippen LogP contribution in [0.5, 0.6) is 0 Å². The molecule has 3 N–H and O–H groups in total. The first-order chi connectivity index (χ1) is 9.47. The fourth-order valence-electron chi connectivity index (χ4n) is 1.58. The van der Waals surface area contributed by atoms with Gasteiger partial charge < -0.3 is 14.9 Å². The maximum Gasteiger partial charge on any atom is 0.375 e. The number of carbonyl (C=O) groups is 3. The number of amides is 3. The Bertz CT molecular complexity index is 643. The number of ether oxygens (including phenoxy) is 1. The number of rotatable bonds is 3. The van der Waals surface area contributed by atoms with E-state index in [-0.39, 0.29) is 5.76 Å². The van der Waals surface area contributed by atoms with Crippen molar-refractivity contribution in [3.8, 4) is 0 Å². The normalized spacial score (nSPS) is 11.8. The zero-order chi connectivity index (χ0) is 14.7. The number of nitrogens with two attached hydrogens (primary N) is 1. The minimum atomic E-state index is -1.16. The third-order valence-electron chi connectivity index (χ3n) is 2.53. The number of benzene rings is 1. The molecule has 7 nitrogen and oxygen atoms in total. The third-order valence-corrected chi connectivity index (χ3v) is 2.53. The Hall–Kier alpha value is -2.83. The highest BCUT2D eigenvalue weighted by atomic mass is 16.6. The summed E-state index contributed by atoms with van der Waals surface area (Å²) in [5.41, 5.74) is 5.33. The van der Waals surface area contributed by atoms with Crippen molar-refractivity contribution in [3.05, 3.63) is 36.1 Å². The van der Waals surface area contributed by atoms with Crippen LogP contribution in [0.3, 0.4) is 0 Å². The van der Waals surface area contributed by atoms with Crippen molar-refractivity contribution in [2.45, 2.75) is 13.0 Å². The summed E-state index contributed by atoms with van der Waals surface area (Å²) in [6, 6.07) is 7.55. The first kappa shape index (κ1) is 13.6. The largest absolute Gasteiger partial charge is 0.449 e. The van der Waals surface area contributed by atoms with E-state index in [1.54, 1.807) is 24.3 Å². The third kappa shape index (κ3) is 2.94. The van der Waals surface area contributed by atoms with E-state index in [1.807, 2.05) is 5.32 Å². The molecule has 2 rings (SSSR count). The van der Waals surface area contributed by atoms with Gasteiger partial charge in [-0.15, -0.1) is 0 Å². The molecule has 0 unspecified atom stereocenters. The van der Waals surface area contributed by atoms with E-state index < -0.39 is 24.0 Å². The molecule has 0 spiro atoms. The number of imide groups is 1. The van der Waals surface area contributed by atoms with Gasteiger partial charge in [0.1, 0.15) is 5.58 Å². The molecule has 2 aromatic rings. The van der Waals surface area contributed by atoms with Crippen molar-refractivity contribution >= 4 is 28.9 Å². The lowest BCUT2D eigenvalue weighted by Crippen LogP contribution is -2.42. The second kappa shape index (κ2) is 5.43. The maximum absolute atomic E-state index is 11.8. The van der Waals surface area contributed by atoms with Gasteiger partial charge in [-0.2, -0.15) is 0 Å². The van der Waals surface area contributed by atoms with E-state index in [0.717, 1.165) is 5.39 Å². The molecular formula is C13H12N2O5. The zero-order valence-electron chi connectivity index (χ0n) is 10.6. The number of nitrogens with one attached hydrogen (secondary N) is 1. The van der Waals surface area contributed by atoms with Crippen molar-refractivity contribution in [1.82, 2.24) is 5.32 Å². The minimum Gasteiger partial charge on any atom is -0.449 e. The highest BCUT2D eigenvalue weighted by molar-refractivity contribution is 5.98. The Balaban J connectivity index is 2.08. The molecular weight excluding hydrogens is 264 g/mol. The molecule has 104 valence electrons. The summed E-state index contributed by atoms with van der Waals surface area (Å²) in [4.78, 5) is 33.7. The molecule has 0 saturated carbocycles. The number of para-hydroxylation sites is 1. The fourth-order valence-corrected chi connectivity index (χ4v) is 1.58. The number of primary amides is 1. The van der Waals surface area contributed by atoms with Crippen molar-refractivity contribution in [2.75, 3.05) is 0 Å². The average Bonchev–Trinajstić information content (AvgIpc) is 2.81. The summed E-state index contributed by atoms with van der Waals surface area (Å²) in [5, 5.41) is 2.56. The van der Waals surface area contributed by atoms with Crippen LogP contribution in [-0.4, -0.2) is 24.0 Å². The number of furan rings is 1. The van der Waals surface area contributed by atoms with E-state index in [2.05, 4.69) is 0 Å². The summed E-state index contributed by atoms with van der Waals surface area (Å²) in [6.07, 6.45) is -1.16. The van der Waals surface area contributed by atoms with Crippen LogP contribution < -0.4 is 11.1 Å². The molecule has 1 aromatic carbocycles. The van der Waals surface area contributed by atoms with Gasteiger partial charge in [-0.1, -0.05) is 18.2 Å². The van der Waals surface area contributed by atoms with Crippen molar-refractivity contribution in [1.29, 1.82) is 0 Å². The molecule has 0 saturated heterocycles. The van der Waals surface area contributed by atoms with Gasteiger partial charge in [-0.25, -0.2) is 9.59 Å². The van der Waals surface area contributed by atoms with E-state index in [0.29, 0.717) is 5.58 Å². The predicted molar refractivity (Wildman–Crippen MR) is 68.8 cm³/mol. The molecule has 1 atom stereocenters. The van der Waals surface area contributed by atoms with Gasteiger partial charge in [0.25, 0.3) is 5.91 Å². The Kier molecular flexibility index (Phi) is 3.69. The number of hydrogen-bond acceptors (Lipinski definition) is 5. The quantitative estimate of drug-likeness (QED) is 0.817. The van der Waals surface area contributed by atoms with Crippen molar-refractivity contribution in [3.63, 3.8) is 0 Å². The smallest absolute Gasteiger partial charge is 0.375 e. The van der Waals surface area contributed by atoms with Gasteiger partial charge in [0.15, 0.2) is 6.10 Å². The Morgan fingerprint density at radius 3 is 2.65 bits per heavy atom. The lowest BCUT2D eigenvalue weighted by Gasteiger charge is -2.10. The second-order valence-corrected chi connectivity index (χ2v) is 4.05. The van der Waals surface area contributed by atoms with Gasteiger partial charge in [0, 0.05) is 5.39 Å². The standard InChI is InChI=1S/C13H12N2O5/c1-7(11(16)15-13(14)18)19-12(17)10-6-8-4-2-3-5-9(8)20-10/h2-7H,1H3,(H3,14,15,16,18)/t7-/m0/s1. The lowest BCUT2D eigenvalue weighted by atomic mass is 10.2. The highest BCUT2D eigenvalue weighted by Crippen LogP contribution is 2.19. The molecule has 20 heavy (non-hydrogen) atoms. The van der Waals surface area contributed by atoms with Crippen LogP contribution in [-0.2, 0) is 9.53 Å². The number of esters is 1. The molecule has 0 aliphatic heterocycles. The highest BCUT2D eigenvalue weighted by Gasteiger charge is 2.22. The van der Waals surface area contributed by atoms with E-state index in [9.17, 15) is 14.4 Å². The Morgan fingerprint density at radius 1 is 1.30 bits per heavy atom. The summed E-state index contributed by atoms with van der Waals surface area (Å²) in [6.45, 7) is 1.32. The number of hydrogen-bond donors (Lipinski definition) is 2. The topological polar surface area (TPSA) is 112 Å². The van der Waals surface area contributed by atoms with Gasteiger partial charge in [0.05, 0.1) is 0 Å². The molecule has 3 amide bonds. The summed E-state index contributed by atoms with van der Waals surface area (Å²) in [7, 11) is 0. The van der Waals surface area contributed by atoms with Crippen LogP contribution in [0.1, 0.15) is 17.5 Å². The van der Waals surface area contributed by atoms with Crippen LogP contribution in [0.15, 0.2) is 34.7 Å². The SMILES string of the molecule is C[C@H](OC(=O)c1cc2ccccc2o1)C(=O)NC(N)=O. The first-order valence-corrected chi connectivity index (χ1v) is 5.77. The molecule has 0 bridgehead atoms. The van der Waals surface area contributed by atoms with E-state index >= 15 is 0 Å². The Morgan fingerprint density at radius 2 is 2.00 bits per heavy atom. The summed E-state index contributed by atoms with van der Waals surface area (Å²) < 4.78 is 10.2. The number of fused-ring (bicyclic) bond motifs is 1. The van der Waals surface area contributed by atoms with Gasteiger partial charge in [-0.05, 0) is 19.1 Å². The van der Waals surface area contributed by atoms with Crippen molar-refractivity contribution in [2.24, 2.45) is 5.73 Å². The van der Waals surface area contributed by atoms with Gasteiger partial charge in [0.2, 0.25) is 5.76 Å². The molecule has 0 fully saturated rings. The summed E-state index contributed by atoms with van der Waals surface area (Å²) >= 11 is 0. The van der Waals surface area contributed by atoms with Crippen LogP contribution in [0.4, 0.5) is 4.79 Å². The molecule has 0 aliphatic rings. The van der Waals surface area contributed by atoms with Crippen LogP contribution in [0.25, 0.3) is 11.0 Å². The lowest BCUT2D eigenvalue weighted by molar-refractivity contribution is -0.127.